The summed E-state index contributed by atoms with van der Waals surface area (Å²) in [5.41, 5.74) is 1.24. The van der Waals surface area contributed by atoms with Gasteiger partial charge in [0.2, 0.25) is 0 Å². The van der Waals surface area contributed by atoms with Crippen LogP contribution in [-0.4, -0.2) is 5.78 Å². The molecule has 1 nitrogen and oxygen atoms in total. The topological polar surface area (TPSA) is 17.1 Å². The Morgan fingerprint density at radius 2 is 1.94 bits per heavy atom. The summed E-state index contributed by atoms with van der Waals surface area (Å²) < 4.78 is 0. The molecule has 0 aromatic heterocycles. The summed E-state index contributed by atoms with van der Waals surface area (Å²) in [5.74, 6) is 0.241. The van der Waals surface area contributed by atoms with E-state index in [1.165, 1.54) is 24.8 Å². The highest BCUT2D eigenvalue weighted by Crippen LogP contribution is 2.04. The van der Waals surface area contributed by atoms with Crippen LogP contribution in [0, 0.1) is 0 Å². The second-order valence-corrected chi connectivity index (χ2v) is 4.35. The molecular weight excluding hydrogens is 208 g/mol. The highest BCUT2D eigenvalue weighted by Gasteiger charge is 1.97. The van der Waals surface area contributed by atoms with Crippen LogP contribution in [0.4, 0.5) is 0 Å². The van der Waals surface area contributed by atoms with Crippen LogP contribution in [0.1, 0.15) is 44.6 Å². The average Bonchev–Trinajstić information content (AvgIpc) is 2.37. The lowest BCUT2D eigenvalue weighted by Gasteiger charge is -1.97. The van der Waals surface area contributed by atoms with E-state index in [0.29, 0.717) is 6.42 Å². The standard InChI is InChI=1S/C16H22O/c1-2-3-4-5-9-12-16(17)14-13-15-10-7-6-8-11-15/h6-12H,2-5,13-14H2,1H3/b12-9+. The minimum absolute atomic E-state index is 0.241. The summed E-state index contributed by atoms with van der Waals surface area (Å²) in [7, 11) is 0. The molecule has 1 heteroatoms. The van der Waals surface area contributed by atoms with Gasteiger partial charge in [-0.15, -0.1) is 0 Å². The zero-order chi connectivity index (χ0) is 12.3. The maximum absolute atomic E-state index is 11.6. The molecule has 0 N–H and O–H groups in total. The molecule has 0 radical (unpaired) electrons. The molecule has 0 aliphatic heterocycles. The third-order valence-electron chi connectivity index (χ3n) is 2.78. The molecule has 0 aliphatic carbocycles. The zero-order valence-corrected chi connectivity index (χ0v) is 10.7. The molecular formula is C16H22O. The van der Waals surface area contributed by atoms with Gasteiger partial charge in [-0.2, -0.15) is 0 Å². The average molecular weight is 230 g/mol. The summed E-state index contributed by atoms with van der Waals surface area (Å²) in [6.07, 6.45) is 9.94. The fourth-order valence-corrected chi connectivity index (χ4v) is 1.72. The van der Waals surface area contributed by atoms with Crippen molar-refractivity contribution >= 4 is 5.78 Å². The van der Waals surface area contributed by atoms with Crippen molar-refractivity contribution in [2.45, 2.75) is 45.4 Å². The van der Waals surface area contributed by atoms with Crippen LogP contribution in [0.2, 0.25) is 0 Å². The minimum Gasteiger partial charge on any atom is -0.295 e. The number of carbonyl (C=O) groups is 1. The van der Waals surface area contributed by atoms with Gasteiger partial charge in [-0.25, -0.2) is 0 Å². The predicted molar refractivity (Wildman–Crippen MR) is 73.1 cm³/mol. The van der Waals surface area contributed by atoms with Crippen molar-refractivity contribution in [2.75, 3.05) is 0 Å². The SMILES string of the molecule is CCCCC/C=C/C(=O)CCc1ccccc1. The summed E-state index contributed by atoms with van der Waals surface area (Å²) in [5, 5.41) is 0. The molecule has 0 fully saturated rings. The third-order valence-corrected chi connectivity index (χ3v) is 2.78. The van der Waals surface area contributed by atoms with E-state index in [4.69, 9.17) is 0 Å². The second-order valence-electron chi connectivity index (χ2n) is 4.35. The largest absolute Gasteiger partial charge is 0.295 e. The van der Waals surface area contributed by atoms with Crippen LogP contribution < -0.4 is 0 Å². The van der Waals surface area contributed by atoms with Crippen LogP contribution in [0.15, 0.2) is 42.5 Å². The number of benzene rings is 1. The number of carbonyl (C=O) groups excluding carboxylic acids is 1. The van der Waals surface area contributed by atoms with Gasteiger partial charge in [0.25, 0.3) is 0 Å². The highest BCUT2D eigenvalue weighted by molar-refractivity contribution is 5.89. The van der Waals surface area contributed by atoms with E-state index in [1.54, 1.807) is 6.08 Å². The number of hydrogen-bond acceptors (Lipinski definition) is 1. The van der Waals surface area contributed by atoms with E-state index < -0.39 is 0 Å². The van der Waals surface area contributed by atoms with Crippen LogP contribution in [0.5, 0.6) is 0 Å². The molecule has 0 heterocycles. The van der Waals surface area contributed by atoms with Crippen molar-refractivity contribution in [3.05, 3.63) is 48.0 Å². The van der Waals surface area contributed by atoms with Crippen LogP contribution in [0.25, 0.3) is 0 Å². The van der Waals surface area contributed by atoms with Crippen LogP contribution in [0.3, 0.4) is 0 Å². The molecule has 0 atom stereocenters. The monoisotopic (exact) mass is 230 g/mol. The number of aryl methyl sites for hydroxylation is 1. The quantitative estimate of drug-likeness (QED) is 0.480. The zero-order valence-electron chi connectivity index (χ0n) is 10.7. The highest BCUT2D eigenvalue weighted by atomic mass is 16.1. The van der Waals surface area contributed by atoms with Crippen molar-refractivity contribution in [3.63, 3.8) is 0 Å². The van der Waals surface area contributed by atoms with Gasteiger partial charge < -0.3 is 0 Å². The van der Waals surface area contributed by atoms with Gasteiger partial charge in [-0.05, 0) is 30.9 Å². The molecule has 17 heavy (non-hydrogen) atoms. The number of allylic oxidation sites excluding steroid dienone is 2. The molecule has 0 saturated carbocycles. The van der Waals surface area contributed by atoms with Crippen LogP contribution in [-0.2, 0) is 11.2 Å². The van der Waals surface area contributed by atoms with Crippen molar-refractivity contribution in [1.82, 2.24) is 0 Å². The summed E-state index contributed by atoms with van der Waals surface area (Å²) >= 11 is 0. The lowest BCUT2D eigenvalue weighted by atomic mass is 10.1. The lowest BCUT2D eigenvalue weighted by Crippen LogP contribution is -1.95. The van der Waals surface area contributed by atoms with Gasteiger partial charge in [-0.3, -0.25) is 4.79 Å². The Balaban J connectivity index is 2.17. The Morgan fingerprint density at radius 1 is 1.18 bits per heavy atom. The van der Waals surface area contributed by atoms with Gasteiger partial charge in [0, 0.05) is 6.42 Å². The van der Waals surface area contributed by atoms with Crippen molar-refractivity contribution < 1.29 is 4.79 Å². The Labute approximate surface area is 105 Å². The Kier molecular flexibility index (Phi) is 7.04. The number of ketones is 1. The molecule has 0 unspecified atom stereocenters. The summed E-state index contributed by atoms with van der Waals surface area (Å²) in [6, 6.07) is 10.2. The molecule has 0 bridgehead atoms. The maximum Gasteiger partial charge on any atom is 0.155 e. The fraction of sp³-hybridized carbons (Fsp3) is 0.438. The van der Waals surface area contributed by atoms with Crippen LogP contribution >= 0.6 is 0 Å². The molecule has 0 aliphatic rings. The van der Waals surface area contributed by atoms with E-state index in [0.717, 1.165) is 12.8 Å². The van der Waals surface area contributed by atoms with E-state index in [2.05, 4.69) is 19.1 Å². The number of rotatable bonds is 8. The van der Waals surface area contributed by atoms with E-state index in [-0.39, 0.29) is 5.78 Å². The third kappa shape index (κ3) is 6.72. The van der Waals surface area contributed by atoms with E-state index in [9.17, 15) is 4.79 Å². The van der Waals surface area contributed by atoms with Crippen molar-refractivity contribution in [2.24, 2.45) is 0 Å². The molecule has 1 aromatic carbocycles. The van der Waals surface area contributed by atoms with Crippen molar-refractivity contribution in [3.8, 4) is 0 Å². The first-order valence-electron chi connectivity index (χ1n) is 6.56. The molecule has 0 spiro atoms. The molecule has 0 amide bonds. The van der Waals surface area contributed by atoms with Gasteiger partial charge in [0.15, 0.2) is 5.78 Å². The van der Waals surface area contributed by atoms with Crippen molar-refractivity contribution in [1.29, 1.82) is 0 Å². The van der Waals surface area contributed by atoms with Gasteiger partial charge >= 0.3 is 0 Å². The molecule has 0 saturated heterocycles. The summed E-state index contributed by atoms with van der Waals surface area (Å²) in [6.45, 7) is 2.19. The Morgan fingerprint density at radius 3 is 2.65 bits per heavy atom. The fourth-order valence-electron chi connectivity index (χ4n) is 1.72. The predicted octanol–water partition coefficient (Wildman–Crippen LogP) is 4.32. The first-order chi connectivity index (χ1) is 8.33. The number of unbranched alkanes of at least 4 members (excludes halogenated alkanes) is 3. The smallest absolute Gasteiger partial charge is 0.155 e. The molecule has 92 valence electrons. The second kappa shape index (κ2) is 8.74. The first-order valence-corrected chi connectivity index (χ1v) is 6.56. The lowest BCUT2D eigenvalue weighted by molar-refractivity contribution is -0.114. The molecule has 1 rings (SSSR count). The number of hydrogen-bond donors (Lipinski definition) is 0. The maximum atomic E-state index is 11.6. The van der Waals surface area contributed by atoms with Gasteiger partial charge in [0.1, 0.15) is 0 Å². The summed E-state index contributed by atoms with van der Waals surface area (Å²) in [4.78, 5) is 11.6. The van der Waals surface area contributed by atoms with Gasteiger partial charge in [-0.1, -0.05) is 56.2 Å². The van der Waals surface area contributed by atoms with E-state index >= 15 is 0 Å². The Hall–Kier alpha value is -1.37. The first kappa shape index (κ1) is 13.7. The van der Waals surface area contributed by atoms with E-state index in [1.807, 2.05) is 24.3 Å². The minimum atomic E-state index is 0.241. The molecule has 1 aromatic rings. The normalized spacial score (nSPS) is 10.9. The Bertz CT molecular complexity index is 338. The van der Waals surface area contributed by atoms with Gasteiger partial charge in [0.05, 0.1) is 0 Å².